The molecule has 1 atom stereocenters. The van der Waals surface area contributed by atoms with Gasteiger partial charge in [-0.05, 0) is 31.6 Å². The Morgan fingerprint density at radius 1 is 1.12 bits per heavy atom. The first-order valence-electron chi connectivity index (χ1n) is 7.39. The molecule has 0 saturated carbocycles. The molecule has 0 aliphatic heterocycles. The molecule has 0 saturated heterocycles. The van der Waals surface area contributed by atoms with E-state index in [2.05, 4.69) is 52.8 Å². The van der Waals surface area contributed by atoms with Gasteiger partial charge in [0.1, 0.15) is 0 Å². The Labute approximate surface area is 109 Å². The van der Waals surface area contributed by atoms with Crippen molar-refractivity contribution in [2.75, 3.05) is 0 Å². The Bertz CT molecular complexity index is 220. The minimum absolute atomic E-state index is 0.837. The zero-order chi connectivity index (χ0) is 13.1. The molecular weight excluding hydrogens is 204 g/mol. The first kappa shape index (κ1) is 16.5. The van der Waals surface area contributed by atoms with Crippen LogP contribution in [0.4, 0.5) is 0 Å². The van der Waals surface area contributed by atoms with Gasteiger partial charge < -0.3 is 0 Å². The smallest absolute Gasteiger partial charge is 0.0322 e. The molecule has 17 heavy (non-hydrogen) atoms. The van der Waals surface area contributed by atoms with Crippen molar-refractivity contribution in [2.45, 2.75) is 73.1 Å². The van der Waals surface area contributed by atoms with E-state index in [4.69, 9.17) is 0 Å². The van der Waals surface area contributed by atoms with E-state index in [0.29, 0.717) is 0 Å². The van der Waals surface area contributed by atoms with Crippen molar-refractivity contribution in [3.63, 3.8) is 0 Å². The highest BCUT2D eigenvalue weighted by molar-refractivity contribution is 5.15. The maximum Gasteiger partial charge on any atom is -0.0322 e. The van der Waals surface area contributed by atoms with E-state index in [1.54, 1.807) is 0 Å². The normalized spacial score (nSPS) is 14.8. The summed E-state index contributed by atoms with van der Waals surface area (Å²) in [7, 11) is 0. The molecule has 0 heterocycles. The van der Waals surface area contributed by atoms with Crippen LogP contribution in [0.2, 0.25) is 0 Å². The molecule has 0 rings (SSSR count). The van der Waals surface area contributed by atoms with Crippen LogP contribution in [0.25, 0.3) is 0 Å². The average molecular weight is 236 g/mol. The highest BCUT2D eigenvalue weighted by Crippen LogP contribution is 2.16. The summed E-state index contributed by atoms with van der Waals surface area (Å²) in [5.74, 6) is 1.70. The van der Waals surface area contributed by atoms with E-state index >= 15 is 0 Å². The zero-order valence-electron chi connectivity index (χ0n) is 12.6. The molecule has 0 heteroatoms. The van der Waals surface area contributed by atoms with Gasteiger partial charge in [0.25, 0.3) is 0 Å². The van der Waals surface area contributed by atoms with Gasteiger partial charge in [0, 0.05) is 0 Å². The van der Waals surface area contributed by atoms with E-state index in [1.807, 2.05) is 0 Å². The van der Waals surface area contributed by atoms with Gasteiger partial charge in [0.2, 0.25) is 0 Å². The van der Waals surface area contributed by atoms with E-state index in [-0.39, 0.29) is 0 Å². The molecule has 0 N–H and O–H groups in total. The summed E-state index contributed by atoms with van der Waals surface area (Å²) in [6, 6.07) is 0. The van der Waals surface area contributed by atoms with Crippen molar-refractivity contribution in [1.29, 1.82) is 0 Å². The maximum atomic E-state index is 2.37. The predicted octanol–water partition coefficient (Wildman–Crippen LogP) is 6.14. The molecule has 0 fully saturated rings. The first-order chi connectivity index (χ1) is 8.06. The fourth-order valence-corrected chi connectivity index (χ4v) is 1.92. The lowest BCUT2D eigenvalue weighted by Crippen LogP contribution is -1.95. The molecule has 0 radical (unpaired) electrons. The number of unbranched alkanes of at least 4 members (excludes halogenated alkanes) is 1. The Balaban J connectivity index is 3.68. The molecule has 0 aromatic heterocycles. The summed E-state index contributed by atoms with van der Waals surface area (Å²) < 4.78 is 0. The summed E-state index contributed by atoms with van der Waals surface area (Å²) in [5.41, 5.74) is 1.42. The van der Waals surface area contributed by atoms with Gasteiger partial charge in [0.05, 0.1) is 0 Å². The average Bonchev–Trinajstić information content (AvgIpc) is 2.25. The largest absolute Gasteiger partial charge is 0.0840 e. The van der Waals surface area contributed by atoms with E-state index < -0.39 is 0 Å². The summed E-state index contributed by atoms with van der Waals surface area (Å²) in [6.45, 7) is 11.4. The van der Waals surface area contributed by atoms with Crippen LogP contribution in [0.15, 0.2) is 23.8 Å². The van der Waals surface area contributed by atoms with E-state index in [1.165, 1.54) is 44.1 Å². The SMILES string of the molecule is CCC/C=C(C)/C=C/CC(C)CCCC(C)C. The molecule has 0 amide bonds. The molecule has 0 aliphatic rings. The van der Waals surface area contributed by atoms with Crippen molar-refractivity contribution in [2.24, 2.45) is 11.8 Å². The van der Waals surface area contributed by atoms with Crippen molar-refractivity contribution in [3.8, 4) is 0 Å². The van der Waals surface area contributed by atoms with Gasteiger partial charge in [-0.1, -0.05) is 77.2 Å². The van der Waals surface area contributed by atoms with Crippen molar-refractivity contribution < 1.29 is 0 Å². The fraction of sp³-hybridized carbons (Fsp3) is 0.765. The predicted molar refractivity (Wildman–Crippen MR) is 80.3 cm³/mol. The van der Waals surface area contributed by atoms with Gasteiger partial charge in [-0.2, -0.15) is 0 Å². The zero-order valence-corrected chi connectivity index (χ0v) is 12.6. The summed E-state index contributed by atoms with van der Waals surface area (Å²) in [4.78, 5) is 0. The fourth-order valence-electron chi connectivity index (χ4n) is 1.92. The third-order valence-corrected chi connectivity index (χ3v) is 3.15. The highest BCUT2D eigenvalue weighted by atomic mass is 14.1. The van der Waals surface area contributed by atoms with Gasteiger partial charge >= 0.3 is 0 Å². The third-order valence-electron chi connectivity index (χ3n) is 3.15. The lowest BCUT2D eigenvalue weighted by molar-refractivity contribution is 0.461. The first-order valence-corrected chi connectivity index (χ1v) is 7.39. The number of allylic oxidation sites excluding steroid dienone is 4. The van der Waals surface area contributed by atoms with Gasteiger partial charge in [-0.15, -0.1) is 0 Å². The van der Waals surface area contributed by atoms with Crippen LogP contribution < -0.4 is 0 Å². The highest BCUT2D eigenvalue weighted by Gasteiger charge is 2.00. The van der Waals surface area contributed by atoms with Crippen LogP contribution in [0.5, 0.6) is 0 Å². The molecule has 0 bridgehead atoms. The quantitative estimate of drug-likeness (QED) is 0.422. The van der Waals surface area contributed by atoms with Crippen LogP contribution in [0.1, 0.15) is 73.1 Å². The van der Waals surface area contributed by atoms with E-state index in [9.17, 15) is 0 Å². The monoisotopic (exact) mass is 236 g/mol. The lowest BCUT2D eigenvalue weighted by Gasteiger charge is -2.09. The summed E-state index contributed by atoms with van der Waals surface area (Å²) >= 11 is 0. The standard InChI is InChI=1S/C17H32/c1-6-7-11-16(4)13-9-14-17(5)12-8-10-15(2)3/h9,11,13,15,17H,6-8,10,12,14H2,1-5H3/b13-9+,16-11+. The Hall–Kier alpha value is -0.520. The number of hydrogen-bond acceptors (Lipinski definition) is 0. The van der Waals surface area contributed by atoms with Crippen LogP contribution in [-0.4, -0.2) is 0 Å². The molecular formula is C17H32. The number of rotatable bonds is 9. The molecule has 0 aromatic rings. The molecule has 1 unspecified atom stereocenters. The molecule has 0 spiro atoms. The van der Waals surface area contributed by atoms with Crippen molar-refractivity contribution >= 4 is 0 Å². The summed E-state index contributed by atoms with van der Waals surface area (Å²) in [5, 5.41) is 0. The third kappa shape index (κ3) is 11.7. The minimum Gasteiger partial charge on any atom is -0.0840 e. The number of hydrogen-bond donors (Lipinski definition) is 0. The minimum atomic E-state index is 0.837. The Kier molecular flexibility index (Phi) is 10.3. The second kappa shape index (κ2) is 10.6. The van der Waals surface area contributed by atoms with Crippen molar-refractivity contribution in [3.05, 3.63) is 23.8 Å². The van der Waals surface area contributed by atoms with Gasteiger partial charge in [0.15, 0.2) is 0 Å². The van der Waals surface area contributed by atoms with Crippen LogP contribution >= 0.6 is 0 Å². The van der Waals surface area contributed by atoms with Crippen LogP contribution in [0, 0.1) is 11.8 Å². The van der Waals surface area contributed by atoms with Crippen molar-refractivity contribution in [1.82, 2.24) is 0 Å². The van der Waals surface area contributed by atoms with Gasteiger partial charge in [-0.3, -0.25) is 0 Å². The van der Waals surface area contributed by atoms with E-state index in [0.717, 1.165) is 11.8 Å². The maximum absolute atomic E-state index is 2.37. The lowest BCUT2D eigenvalue weighted by atomic mass is 9.97. The second-order valence-electron chi connectivity index (χ2n) is 5.80. The molecule has 100 valence electrons. The van der Waals surface area contributed by atoms with Crippen LogP contribution in [-0.2, 0) is 0 Å². The Morgan fingerprint density at radius 3 is 2.41 bits per heavy atom. The topological polar surface area (TPSA) is 0 Å². The molecule has 0 aromatic carbocycles. The molecule has 0 nitrogen and oxygen atoms in total. The van der Waals surface area contributed by atoms with Gasteiger partial charge in [-0.25, -0.2) is 0 Å². The molecule has 0 aliphatic carbocycles. The second-order valence-corrected chi connectivity index (χ2v) is 5.80. The summed E-state index contributed by atoms with van der Waals surface area (Å²) in [6.07, 6.45) is 14.8. The van der Waals surface area contributed by atoms with Crippen LogP contribution in [0.3, 0.4) is 0 Å². The Morgan fingerprint density at radius 2 is 1.82 bits per heavy atom.